The average molecular weight is 597 g/mol. The predicted octanol–water partition coefficient (Wildman–Crippen LogP) is 9.28. The van der Waals surface area contributed by atoms with E-state index in [1.165, 1.54) is 49.3 Å². The van der Waals surface area contributed by atoms with Gasteiger partial charge in [-0.1, -0.05) is 87.5 Å². The molecule has 236 valence electrons. The highest BCUT2D eigenvalue weighted by Gasteiger charge is 2.65. The van der Waals surface area contributed by atoms with E-state index in [0.29, 0.717) is 35.5 Å². The van der Waals surface area contributed by atoms with Gasteiger partial charge in [0, 0.05) is 19.3 Å². The normalized spacial score (nSPS) is 36.6. The van der Waals surface area contributed by atoms with Crippen molar-refractivity contribution in [2.45, 2.75) is 105 Å². The highest BCUT2D eigenvalue weighted by Crippen LogP contribution is 2.69. The second-order valence-electron chi connectivity index (χ2n) is 15.1. The molecule has 0 aliphatic heterocycles. The molecule has 0 amide bonds. The SMILES string of the molecule is CC(=O)O[C@@H]1CC[C@@]2(C)[C@H](CC[C@H]3[C@H]2C[C@@H](OC(C)=O)[C@]2(C)[C@@H]([C@@H](C)CC=C(c4ccccc4)c4ccccc4)CC[C@@H]32)C1. The van der Waals surface area contributed by atoms with Gasteiger partial charge in [-0.3, -0.25) is 9.59 Å². The van der Waals surface area contributed by atoms with Crippen molar-refractivity contribution >= 4 is 17.5 Å². The maximum Gasteiger partial charge on any atom is 0.302 e. The Morgan fingerprint density at radius 1 is 0.818 bits per heavy atom. The van der Waals surface area contributed by atoms with Gasteiger partial charge in [-0.25, -0.2) is 0 Å². The second kappa shape index (κ2) is 12.5. The first-order valence-electron chi connectivity index (χ1n) is 17.3. The molecule has 0 aromatic heterocycles. The maximum absolute atomic E-state index is 12.6. The van der Waals surface area contributed by atoms with Crippen LogP contribution in [0, 0.1) is 46.3 Å². The fourth-order valence-corrected chi connectivity index (χ4v) is 10.9. The monoisotopic (exact) mass is 596 g/mol. The summed E-state index contributed by atoms with van der Waals surface area (Å²) >= 11 is 0. The van der Waals surface area contributed by atoms with Crippen LogP contribution in [0.2, 0.25) is 0 Å². The van der Waals surface area contributed by atoms with Gasteiger partial charge in [0.2, 0.25) is 0 Å². The minimum Gasteiger partial charge on any atom is -0.463 e. The number of ether oxygens (including phenoxy) is 2. The molecular formula is C40H52O4. The zero-order valence-electron chi connectivity index (χ0n) is 27.5. The van der Waals surface area contributed by atoms with Gasteiger partial charge in [-0.15, -0.1) is 0 Å². The summed E-state index contributed by atoms with van der Waals surface area (Å²) in [6.07, 6.45) is 12.4. The molecule has 2 aromatic carbocycles. The lowest BCUT2D eigenvalue weighted by Crippen LogP contribution is -2.59. The van der Waals surface area contributed by atoms with E-state index in [4.69, 9.17) is 9.47 Å². The van der Waals surface area contributed by atoms with E-state index in [1.54, 1.807) is 6.92 Å². The molecule has 0 unspecified atom stereocenters. The van der Waals surface area contributed by atoms with Crippen molar-refractivity contribution in [3.05, 3.63) is 77.9 Å². The number of allylic oxidation sites excluding steroid dienone is 1. The Hall–Kier alpha value is -2.88. The number of rotatable bonds is 7. The van der Waals surface area contributed by atoms with Crippen LogP contribution < -0.4 is 0 Å². The summed E-state index contributed by atoms with van der Waals surface area (Å²) in [6, 6.07) is 21.5. The third-order valence-corrected chi connectivity index (χ3v) is 13.0. The van der Waals surface area contributed by atoms with Crippen LogP contribution >= 0.6 is 0 Å². The highest BCUT2D eigenvalue weighted by molar-refractivity contribution is 5.79. The summed E-state index contributed by atoms with van der Waals surface area (Å²) in [5.74, 6) is 3.07. The molecule has 4 heteroatoms. The van der Waals surface area contributed by atoms with Gasteiger partial charge >= 0.3 is 11.9 Å². The van der Waals surface area contributed by atoms with Crippen molar-refractivity contribution in [1.29, 1.82) is 0 Å². The van der Waals surface area contributed by atoms with Gasteiger partial charge in [0.05, 0.1) is 0 Å². The lowest BCUT2D eigenvalue weighted by Gasteiger charge is -2.62. The van der Waals surface area contributed by atoms with Crippen LogP contribution in [0.1, 0.15) is 104 Å². The molecule has 4 aliphatic carbocycles. The van der Waals surface area contributed by atoms with E-state index in [2.05, 4.69) is 87.5 Å². The minimum absolute atomic E-state index is 0.0160. The summed E-state index contributed by atoms with van der Waals surface area (Å²) in [5, 5.41) is 0. The number of esters is 2. The van der Waals surface area contributed by atoms with Crippen molar-refractivity contribution in [3.8, 4) is 0 Å². The molecule has 0 N–H and O–H groups in total. The molecule has 0 bridgehead atoms. The summed E-state index contributed by atoms with van der Waals surface area (Å²) in [5.41, 5.74) is 4.01. The molecule has 4 aliphatic rings. The van der Waals surface area contributed by atoms with E-state index in [0.717, 1.165) is 32.1 Å². The van der Waals surface area contributed by atoms with Crippen LogP contribution in [-0.4, -0.2) is 24.1 Å². The zero-order valence-corrected chi connectivity index (χ0v) is 27.5. The Kier molecular flexibility index (Phi) is 8.83. The van der Waals surface area contributed by atoms with E-state index in [1.807, 2.05) is 0 Å². The van der Waals surface area contributed by atoms with Crippen LogP contribution in [0.3, 0.4) is 0 Å². The quantitative estimate of drug-likeness (QED) is 0.299. The predicted molar refractivity (Wildman–Crippen MR) is 175 cm³/mol. The molecule has 2 aromatic rings. The van der Waals surface area contributed by atoms with Gasteiger partial charge in [0.1, 0.15) is 12.2 Å². The molecule has 0 saturated heterocycles. The van der Waals surface area contributed by atoms with Crippen LogP contribution in [0.5, 0.6) is 0 Å². The fraction of sp³-hybridized carbons (Fsp3) is 0.600. The minimum atomic E-state index is -0.156. The average Bonchev–Trinajstić information content (AvgIpc) is 3.37. The van der Waals surface area contributed by atoms with Crippen LogP contribution in [0.25, 0.3) is 5.57 Å². The summed E-state index contributed by atoms with van der Waals surface area (Å²) < 4.78 is 12.1. The molecule has 0 spiro atoms. The lowest BCUT2D eigenvalue weighted by molar-refractivity contribution is -0.197. The van der Waals surface area contributed by atoms with E-state index >= 15 is 0 Å². The fourth-order valence-electron chi connectivity index (χ4n) is 10.9. The van der Waals surface area contributed by atoms with Gasteiger partial charge in [0.15, 0.2) is 0 Å². The molecule has 6 rings (SSSR count). The third kappa shape index (κ3) is 5.67. The van der Waals surface area contributed by atoms with Crippen molar-refractivity contribution < 1.29 is 19.1 Å². The van der Waals surface area contributed by atoms with E-state index < -0.39 is 0 Å². The van der Waals surface area contributed by atoms with Crippen molar-refractivity contribution in [1.82, 2.24) is 0 Å². The number of hydrogen-bond donors (Lipinski definition) is 0. The van der Waals surface area contributed by atoms with Crippen LogP contribution in [0.15, 0.2) is 66.7 Å². The molecule has 4 fully saturated rings. The van der Waals surface area contributed by atoms with E-state index in [9.17, 15) is 9.59 Å². The standard InChI is InChI=1S/C40H52O4/c1-26(16-18-33(29-12-8-6-9-13-29)30-14-10-7-11-15-30)35-20-21-36-34-19-17-31-24-32(43-27(2)41)22-23-39(31,4)37(34)25-38(40(35,36)5)44-28(3)42/h6-15,18,26,31-32,34-38H,16-17,19-25H2,1-5H3/t26-,31+,32+,34+,35+,36-,37+,38+,39-,40+/m0/s1. The second-order valence-corrected chi connectivity index (χ2v) is 15.1. The summed E-state index contributed by atoms with van der Waals surface area (Å²) in [6.45, 7) is 10.6. The Labute approximate surface area is 265 Å². The lowest BCUT2D eigenvalue weighted by atomic mass is 9.43. The molecule has 44 heavy (non-hydrogen) atoms. The summed E-state index contributed by atoms with van der Waals surface area (Å²) in [7, 11) is 0. The first kappa shape index (κ1) is 31.1. The summed E-state index contributed by atoms with van der Waals surface area (Å²) in [4.78, 5) is 24.4. The maximum atomic E-state index is 12.6. The largest absolute Gasteiger partial charge is 0.463 e. The first-order chi connectivity index (χ1) is 21.1. The number of carbonyl (C=O) groups is 2. The smallest absolute Gasteiger partial charge is 0.302 e. The Morgan fingerprint density at radius 2 is 1.45 bits per heavy atom. The van der Waals surface area contributed by atoms with Gasteiger partial charge < -0.3 is 9.47 Å². The number of carbonyl (C=O) groups excluding carboxylic acids is 2. The molecule has 10 atom stereocenters. The molecule has 4 saturated carbocycles. The zero-order chi connectivity index (χ0) is 31.1. The highest BCUT2D eigenvalue weighted by atomic mass is 16.5. The topological polar surface area (TPSA) is 52.6 Å². The third-order valence-electron chi connectivity index (χ3n) is 13.0. The number of hydrogen-bond acceptors (Lipinski definition) is 4. The molecule has 4 nitrogen and oxygen atoms in total. The van der Waals surface area contributed by atoms with Crippen molar-refractivity contribution in [2.75, 3.05) is 0 Å². The molecule has 0 heterocycles. The van der Waals surface area contributed by atoms with Gasteiger partial charge in [0.25, 0.3) is 0 Å². The Morgan fingerprint density at radius 3 is 2.07 bits per heavy atom. The van der Waals surface area contributed by atoms with E-state index in [-0.39, 0.29) is 35.0 Å². The van der Waals surface area contributed by atoms with Gasteiger partial charge in [-0.05, 0) is 115 Å². The first-order valence-corrected chi connectivity index (χ1v) is 17.3. The Bertz CT molecular complexity index is 1310. The number of fused-ring (bicyclic) bond motifs is 5. The molecule has 0 radical (unpaired) electrons. The van der Waals surface area contributed by atoms with Gasteiger partial charge in [-0.2, -0.15) is 0 Å². The van der Waals surface area contributed by atoms with Crippen molar-refractivity contribution in [3.63, 3.8) is 0 Å². The van der Waals surface area contributed by atoms with Crippen LogP contribution in [-0.2, 0) is 19.1 Å². The number of benzene rings is 2. The molecular weight excluding hydrogens is 544 g/mol. The Balaban J connectivity index is 1.26. The van der Waals surface area contributed by atoms with Crippen molar-refractivity contribution in [2.24, 2.45) is 46.3 Å². The van der Waals surface area contributed by atoms with Crippen LogP contribution in [0.4, 0.5) is 0 Å².